The van der Waals surface area contributed by atoms with Crippen molar-refractivity contribution in [1.29, 1.82) is 0 Å². The van der Waals surface area contributed by atoms with Gasteiger partial charge in [-0.2, -0.15) is 0 Å². The highest BCUT2D eigenvalue weighted by Gasteiger charge is 2.16. The molecule has 0 aromatic heterocycles. The van der Waals surface area contributed by atoms with Crippen LogP contribution in [0.2, 0.25) is 0 Å². The summed E-state index contributed by atoms with van der Waals surface area (Å²) in [5.74, 6) is -0.138. The fourth-order valence-corrected chi connectivity index (χ4v) is 1.15. The molecule has 0 saturated heterocycles. The summed E-state index contributed by atoms with van der Waals surface area (Å²) in [6.07, 6.45) is -0.605. The van der Waals surface area contributed by atoms with Crippen LogP contribution in [0.4, 0.5) is 4.79 Å². The predicted molar refractivity (Wildman–Crippen MR) is 55.8 cm³/mol. The molecule has 0 aliphatic carbocycles. The van der Waals surface area contributed by atoms with E-state index in [0.29, 0.717) is 5.56 Å². The summed E-state index contributed by atoms with van der Waals surface area (Å²) in [7, 11) is 1.26. The molecule has 1 aromatic rings. The number of methoxy groups -OCH3 is 1. The highest BCUT2D eigenvalue weighted by atomic mass is 16.5. The summed E-state index contributed by atoms with van der Waals surface area (Å²) in [5.41, 5.74) is 0.571. The molecule has 0 radical (unpaired) electrons. The lowest BCUT2D eigenvalue weighted by molar-refractivity contribution is 0.0940. The van der Waals surface area contributed by atoms with Gasteiger partial charge in [0.05, 0.1) is 13.2 Å². The number of ketones is 1. The van der Waals surface area contributed by atoms with Crippen molar-refractivity contribution in [3.8, 4) is 0 Å². The van der Waals surface area contributed by atoms with Crippen LogP contribution in [-0.2, 0) is 4.74 Å². The number of nitrogens with one attached hydrogen (secondary N) is 1. The Hall–Kier alpha value is -1.84. The number of ether oxygens (including phenoxy) is 1. The number of amides is 1. The Morgan fingerprint density at radius 1 is 1.27 bits per heavy atom. The first-order valence-corrected chi connectivity index (χ1v) is 4.59. The first kappa shape index (κ1) is 11.2. The molecule has 0 bridgehead atoms. The molecule has 15 heavy (non-hydrogen) atoms. The molecule has 0 spiro atoms. The minimum atomic E-state index is -0.605. The van der Waals surface area contributed by atoms with E-state index in [1.807, 2.05) is 6.07 Å². The maximum absolute atomic E-state index is 11.7. The van der Waals surface area contributed by atoms with E-state index in [-0.39, 0.29) is 5.78 Å². The Morgan fingerprint density at radius 3 is 2.40 bits per heavy atom. The maximum Gasteiger partial charge on any atom is 0.407 e. The van der Waals surface area contributed by atoms with Gasteiger partial charge in [-0.1, -0.05) is 30.3 Å². The van der Waals surface area contributed by atoms with E-state index in [1.165, 1.54) is 7.11 Å². The quantitative estimate of drug-likeness (QED) is 0.766. The number of carbonyl (C=O) groups excluding carboxylic acids is 2. The molecule has 4 nitrogen and oxygen atoms in total. The summed E-state index contributed by atoms with van der Waals surface area (Å²) in [5, 5.41) is 2.42. The molecule has 0 heterocycles. The Labute approximate surface area is 88.2 Å². The highest BCUT2D eigenvalue weighted by molar-refractivity contribution is 6.01. The molecule has 0 fully saturated rings. The van der Waals surface area contributed by atoms with Gasteiger partial charge < -0.3 is 10.1 Å². The van der Waals surface area contributed by atoms with Crippen LogP contribution in [0.15, 0.2) is 30.3 Å². The number of hydrogen-bond acceptors (Lipinski definition) is 3. The summed E-state index contributed by atoms with van der Waals surface area (Å²) < 4.78 is 4.40. The molecule has 1 amide bonds. The molecule has 80 valence electrons. The van der Waals surface area contributed by atoms with E-state index in [1.54, 1.807) is 31.2 Å². The molecule has 4 heteroatoms. The Morgan fingerprint density at radius 2 is 1.87 bits per heavy atom. The van der Waals surface area contributed by atoms with Crippen molar-refractivity contribution in [3.05, 3.63) is 35.9 Å². The average molecular weight is 207 g/mol. The summed E-state index contributed by atoms with van der Waals surface area (Å²) in [4.78, 5) is 22.6. The van der Waals surface area contributed by atoms with Crippen LogP contribution in [0.1, 0.15) is 17.3 Å². The number of alkyl carbamates (subject to hydrolysis) is 1. The zero-order valence-electron chi connectivity index (χ0n) is 8.69. The molecule has 1 aromatic carbocycles. The van der Waals surface area contributed by atoms with Crippen LogP contribution in [0.5, 0.6) is 0 Å². The first-order chi connectivity index (χ1) is 7.15. The van der Waals surface area contributed by atoms with Crippen LogP contribution in [0.3, 0.4) is 0 Å². The van der Waals surface area contributed by atoms with Crippen molar-refractivity contribution in [3.63, 3.8) is 0 Å². The number of carbonyl (C=O) groups is 2. The fraction of sp³-hybridized carbons (Fsp3) is 0.273. The van der Waals surface area contributed by atoms with E-state index in [9.17, 15) is 9.59 Å². The molecule has 1 N–H and O–H groups in total. The summed E-state index contributed by atoms with van der Waals surface area (Å²) in [6.45, 7) is 1.62. The minimum Gasteiger partial charge on any atom is -0.453 e. The fourth-order valence-electron chi connectivity index (χ4n) is 1.15. The van der Waals surface area contributed by atoms with Crippen molar-refractivity contribution in [2.24, 2.45) is 0 Å². The SMILES string of the molecule is COC(=O)NC(C)C(=O)c1ccccc1. The van der Waals surface area contributed by atoms with Crippen molar-refractivity contribution in [2.75, 3.05) is 7.11 Å². The third-order valence-electron chi connectivity index (χ3n) is 1.97. The van der Waals surface area contributed by atoms with Gasteiger partial charge in [-0.15, -0.1) is 0 Å². The normalized spacial score (nSPS) is 11.6. The smallest absolute Gasteiger partial charge is 0.407 e. The monoisotopic (exact) mass is 207 g/mol. The number of rotatable bonds is 3. The standard InChI is InChI=1S/C11H13NO3/c1-8(12-11(14)15-2)10(13)9-6-4-3-5-7-9/h3-8H,1-2H3,(H,12,14). The topological polar surface area (TPSA) is 55.4 Å². The van der Waals surface area contributed by atoms with Crippen LogP contribution in [0.25, 0.3) is 0 Å². The third kappa shape index (κ3) is 3.09. The lowest BCUT2D eigenvalue weighted by Gasteiger charge is -2.11. The van der Waals surface area contributed by atoms with Crippen molar-refractivity contribution >= 4 is 11.9 Å². The van der Waals surface area contributed by atoms with Gasteiger partial charge in [0.25, 0.3) is 0 Å². The van der Waals surface area contributed by atoms with E-state index in [0.717, 1.165) is 0 Å². The van der Waals surface area contributed by atoms with Gasteiger partial charge in [0, 0.05) is 5.56 Å². The number of benzene rings is 1. The van der Waals surface area contributed by atoms with Gasteiger partial charge >= 0.3 is 6.09 Å². The predicted octanol–water partition coefficient (Wildman–Crippen LogP) is 1.61. The van der Waals surface area contributed by atoms with E-state index in [2.05, 4.69) is 10.1 Å². The van der Waals surface area contributed by atoms with Gasteiger partial charge in [0.2, 0.25) is 0 Å². The molecular weight excluding hydrogens is 194 g/mol. The van der Waals surface area contributed by atoms with E-state index in [4.69, 9.17) is 0 Å². The van der Waals surface area contributed by atoms with Crippen LogP contribution in [-0.4, -0.2) is 25.0 Å². The van der Waals surface area contributed by atoms with Gasteiger partial charge in [0.1, 0.15) is 0 Å². The summed E-state index contributed by atoms with van der Waals surface area (Å²) >= 11 is 0. The zero-order chi connectivity index (χ0) is 11.3. The lowest BCUT2D eigenvalue weighted by Crippen LogP contribution is -2.38. The number of Topliss-reactive ketones (excluding diaryl/α,β-unsaturated/α-hetero) is 1. The molecular formula is C11H13NO3. The second kappa shape index (κ2) is 5.14. The maximum atomic E-state index is 11.7. The molecule has 1 rings (SSSR count). The molecule has 0 aliphatic heterocycles. The molecule has 0 aliphatic rings. The minimum absolute atomic E-state index is 0.138. The van der Waals surface area contributed by atoms with E-state index < -0.39 is 12.1 Å². The van der Waals surface area contributed by atoms with Crippen molar-refractivity contribution < 1.29 is 14.3 Å². The van der Waals surface area contributed by atoms with Crippen LogP contribution in [0, 0.1) is 0 Å². The van der Waals surface area contributed by atoms with Crippen molar-refractivity contribution in [1.82, 2.24) is 5.32 Å². The number of hydrogen-bond donors (Lipinski definition) is 1. The van der Waals surface area contributed by atoms with Crippen LogP contribution < -0.4 is 5.32 Å². The molecule has 0 saturated carbocycles. The van der Waals surface area contributed by atoms with Crippen LogP contribution >= 0.6 is 0 Å². The Bertz CT molecular complexity index is 348. The van der Waals surface area contributed by atoms with Gasteiger partial charge in [-0.05, 0) is 6.92 Å². The zero-order valence-corrected chi connectivity index (χ0v) is 8.69. The third-order valence-corrected chi connectivity index (χ3v) is 1.97. The molecule has 1 unspecified atom stereocenters. The highest BCUT2D eigenvalue weighted by Crippen LogP contribution is 2.03. The second-order valence-corrected chi connectivity index (χ2v) is 3.09. The summed E-state index contributed by atoms with van der Waals surface area (Å²) in [6, 6.07) is 8.21. The largest absolute Gasteiger partial charge is 0.453 e. The Kier molecular flexibility index (Phi) is 3.85. The van der Waals surface area contributed by atoms with Gasteiger partial charge in [-0.25, -0.2) is 4.79 Å². The lowest BCUT2D eigenvalue weighted by atomic mass is 10.1. The Balaban J connectivity index is 2.65. The van der Waals surface area contributed by atoms with E-state index >= 15 is 0 Å². The van der Waals surface area contributed by atoms with Crippen molar-refractivity contribution in [2.45, 2.75) is 13.0 Å². The first-order valence-electron chi connectivity index (χ1n) is 4.59. The average Bonchev–Trinajstić information content (AvgIpc) is 2.29. The second-order valence-electron chi connectivity index (χ2n) is 3.09. The molecule has 1 atom stereocenters. The van der Waals surface area contributed by atoms with Gasteiger partial charge in [0.15, 0.2) is 5.78 Å². The van der Waals surface area contributed by atoms with Gasteiger partial charge in [-0.3, -0.25) is 4.79 Å².